The number of hydrogen-bond acceptors (Lipinski definition) is 3. The maximum absolute atomic E-state index is 5.64. The van der Waals surface area contributed by atoms with Crippen molar-refractivity contribution in [2.24, 2.45) is 17.1 Å². The van der Waals surface area contributed by atoms with Crippen molar-refractivity contribution in [3.05, 3.63) is 0 Å². The largest absolute Gasteiger partial charge is 0.381 e. The van der Waals surface area contributed by atoms with Gasteiger partial charge in [0.25, 0.3) is 0 Å². The van der Waals surface area contributed by atoms with Crippen LogP contribution in [0.5, 0.6) is 0 Å². The summed E-state index contributed by atoms with van der Waals surface area (Å²) in [5.41, 5.74) is 5.86. The lowest BCUT2D eigenvalue weighted by Crippen LogP contribution is -2.37. The van der Waals surface area contributed by atoms with E-state index in [1.807, 2.05) is 0 Å². The van der Waals surface area contributed by atoms with Crippen LogP contribution in [0.15, 0.2) is 0 Å². The second-order valence-corrected chi connectivity index (χ2v) is 4.73. The highest BCUT2D eigenvalue weighted by atomic mass is 16.5. The van der Waals surface area contributed by atoms with Gasteiger partial charge < -0.3 is 15.8 Å². The summed E-state index contributed by atoms with van der Waals surface area (Å²) in [7, 11) is 0. The first-order valence-corrected chi connectivity index (χ1v) is 5.12. The molecule has 78 valence electrons. The molecule has 0 aromatic heterocycles. The summed E-state index contributed by atoms with van der Waals surface area (Å²) in [5.74, 6) is 0.716. The Kier molecular flexibility index (Phi) is 4.16. The first kappa shape index (κ1) is 11.0. The van der Waals surface area contributed by atoms with Crippen LogP contribution >= 0.6 is 0 Å². The fourth-order valence-corrected chi connectivity index (χ4v) is 1.43. The highest BCUT2D eigenvalue weighted by Crippen LogP contribution is 2.13. The molecule has 13 heavy (non-hydrogen) atoms. The van der Waals surface area contributed by atoms with Crippen molar-refractivity contribution in [2.75, 3.05) is 32.8 Å². The molecule has 3 N–H and O–H groups in total. The average molecular weight is 186 g/mol. The van der Waals surface area contributed by atoms with E-state index in [9.17, 15) is 0 Å². The predicted molar refractivity (Wildman–Crippen MR) is 54.6 cm³/mol. The topological polar surface area (TPSA) is 47.3 Å². The van der Waals surface area contributed by atoms with E-state index in [1.54, 1.807) is 0 Å². The molecule has 3 heteroatoms. The lowest BCUT2D eigenvalue weighted by atomic mass is 9.93. The van der Waals surface area contributed by atoms with E-state index < -0.39 is 0 Å². The lowest BCUT2D eigenvalue weighted by molar-refractivity contribution is 0.184. The van der Waals surface area contributed by atoms with Crippen molar-refractivity contribution >= 4 is 0 Å². The minimum absolute atomic E-state index is 0.222. The van der Waals surface area contributed by atoms with E-state index in [0.717, 1.165) is 32.8 Å². The van der Waals surface area contributed by atoms with Crippen LogP contribution in [0, 0.1) is 11.3 Å². The molecule has 1 heterocycles. The summed E-state index contributed by atoms with van der Waals surface area (Å²) >= 11 is 0. The Morgan fingerprint density at radius 1 is 1.54 bits per heavy atom. The van der Waals surface area contributed by atoms with E-state index in [4.69, 9.17) is 10.5 Å². The van der Waals surface area contributed by atoms with Gasteiger partial charge in [0.1, 0.15) is 0 Å². The fourth-order valence-electron chi connectivity index (χ4n) is 1.43. The molecule has 0 radical (unpaired) electrons. The monoisotopic (exact) mass is 186 g/mol. The third-order valence-corrected chi connectivity index (χ3v) is 2.61. The molecule has 0 saturated carbocycles. The maximum Gasteiger partial charge on any atom is 0.0507 e. The van der Waals surface area contributed by atoms with E-state index in [1.165, 1.54) is 6.42 Å². The van der Waals surface area contributed by atoms with Gasteiger partial charge in [-0.15, -0.1) is 0 Å². The Morgan fingerprint density at radius 2 is 2.31 bits per heavy atom. The molecule has 0 amide bonds. The Morgan fingerprint density at radius 3 is 2.85 bits per heavy atom. The molecule has 0 spiro atoms. The van der Waals surface area contributed by atoms with Gasteiger partial charge in [0.05, 0.1) is 6.61 Å². The summed E-state index contributed by atoms with van der Waals surface area (Å²) in [5, 5.41) is 3.46. The van der Waals surface area contributed by atoms with Gasteiger partial charge in [-0.1, -0.05) is 13.8 Å². The molecular weight excluding hydrogens is 164 g/mol. The Bertz CT molecular complexity index is 142. The number of nitrogens with one attached hydrogen (secondary N) is 1. The van der Waals surface area contributed by atoms with E-state index >= 15 is 0 Å². The van der Waals surface area contributed by atoms with Crippen molar-refractivity contribution in [1.82, 2.24) is 5.32 Å². The molecule has 3 nitrogen and oxygen atoms in total. The van der Waals surface area contributed by atoms with Crippen LogP contribution in [0.25, 0.3) is 0 Å². The van der Waals surface area contributed by atoms with Crippen molar-refractivity contribution in [3.8, 4) is 0 Å². The fraction of sp³-hybridized carbons (Fsp3) is 1.00. The van der Waals surface area contributed by atoms with Gasteiger partial charge >= 0.3 is 0 Å². The van der Waals surface area contributed by atoms with Gasteiger partial charge in [0, 0.05) is 19.7 Å². The summed E-state index contributed by atoms with van der Waals surface area (Å²) in [6.07, 6.45) is 1.20. The van der Waals surface area contributed by atoms with E-state index in [-0.39, 0.29) is 5.41 Å². The van der Waals surface area contributed by atoms with Crippen LogP contribution in [0.4, 0.5) is 0 Å². The number of ether oxygens (including phenoxy) is 1. The molecule has 1 fully saturated rings. The van der Waals surface area contributed by atoms with Crippen molar-refractivity contribution in [3.63, 3.8) is 0 Å². The second-order valence-electron chi connectivity index (χ2n) is 4.73. The van der Waals surface area contributed by atoms with Gasteiger partial charge in [-0.05, 0) is 24.3 Å². The molecule has 1 rings (SSSR count). The molecular formula is C10H22N2O. The predicted octanol–water partition coefficient (Wildman–Crippen LogP) is 0.597. The van der Waals surface area contributed by atoms with Crippen molar-refractivity contribution in [2.45, 2.75) is 20.3 Å². The molecule has 1 aliphatic rings. The maximum atomic E-state index is 5.64. The van der Waals surface area contributed by atoms with Crippen LogP contribution in [0.1, 0.15) is 20.3 Å². The molecule has 0 aliphatic carbocycles. The van der Waals surface area contributed by atoms with Crippen molar-refractivity contribution < 1.29 is 4.74 Å². The van der Waals surface area contributed by atoms with Crippen LogP contribution < -0.4 is 11.1 Å². The number of hydrogen-bond donors (Lipinski definition) is 2. The third-order valence-electron chi connectivity index (χ3n) is 2.61. The first-order valence-electron chi connectivity index (χ1n) is 5.12. The zero-order valence-corrected chi connectivity index (χ0v) is 8.81. The smallest absolute Gasteiger partial charge is 0.0507 e. The minimum atomic E-state index is 0.222. The van der Waals surface area contributed by atoms with Crippen LogP contribution in [-0.2, 0) is 4.74 Å². The Hall–Kier alpha value is -0.120. The molecule has 1 saturated heterocycles. The first-order chi connectivity index (χ1) is 6.14. The molecule has 1 atom stereocenters. The summed E-state index contributed by atoms with van der Waals surface area (Å²) in [6, 6.07) is 0. The standard InChI is InChI=1S/C10H22N2O/c1-10(2,7-11)8-12-5-9-3-4-13-6-9/h9,12H,3-8,11H2,1-2H3. The van der Waals surface area contributed by atoms with Gasteiger partial charge in [0.15, 0.2) is 0 Å². The molecule has 0 aromatic rings. The summed E-state index contributed by atoms with van der Waals surface area (Å²) < 4.78 is 5.30. The van der Waals surface area contributed by atoms with E-state index in [2.05, 4.69) is 19.2 Å². The van der Waals surface area contributed by atoms with Crippen LogP contribution in [0.2, 0.25) is 0 Å². The van der Waals surface area contributed by atoms with Crippen molar-refractivity contribution in [1.29, 1.82) is 0 Å². The summed E-state index contributed by atoms with van der Waals surface area (Å²) in [4.78, 5) is 0. The van der Waals surface area contributed by atoms with Gasteiger partial charge in [-0.3, -0.25) is 0 Å². The normalized spacial score (nSPS) is 23.8. The van der Waals surface area contributed by atoms with Gasteiger partial charge in [-0.2, -0.15) is 0 Å². The van der Waals surface area contributed by atoms with Crippen LogP contribution in [0.3, 0.4) is 0 Å². The zero-order chi connectivity index (χ0) is 9.73. The molecule has 0 bridgehead atoms. The Balaban J connectivity index is 2.06. The van der Waals surface area contributed by atoms with Crippen LogP contribution in [-0.4, -0.2) is 32.8 Å². The average Bonchev–Trinajstić information content (AvgIpc) is 2.57. The SMILES string of the molecule is CC(C)(CN)CNCC1CCOC1. The zero-order valence-electron chi connectivity index (χ0n) is 8.81. The highest BCUT2D eigenvalue weighted by Gasteiger charge is 2.18. The molecule has 0 aromatic carbocycles. The number of rotatable bonds is 5. The van der Waals surface area contributed by atoms with E-state index in [0.29, 0.717) is 5.92 Å². The lowest BCUT2D eigenvalue weighted by Gasteiger charge is -2.23. The third kappa shape index (κ3) is 4.07. The Labute approximate surface area is 81.0 Å². The second kappa shape index (κ2) is 4.94. The van der Waals surface area contributed by atoms with Gasteiger partial charge in [-0.25, -0.2) is 0 Å². The molecule has 1 aliphatic heterocycles. The number of nitrogens with two attached hydrogens (primary N) is 1. The quantitative estimate of drug-likeness (QED) is 0.661. The minimum Gasteiger partial charge on any atom is -0.381 e. The summed E-state index contributed by atoms with van der Waals surface area (Å²) in [6.45, 7) is 9.05. The molecule has 1 unspecified atom stereocenters. The van der Waals surface area contributed by atoms with Gasteiger partial charge in [0.2, 0.25) is 0 Å². The highest BCUT2D eigenvalue weighted by molar-refractivity contribution is 4.74.